The van der Waals surface area contributed by atoms with Crippen molar-refractivity contribution in [3.63, 3.8) is 0 Å². The molecule has 0 atom stereocenters. The normalized spacial score (nSPS) is 17.4. The molecule has 0 saturated heterocycles. The first-order valence-corrected chi connectivity index (χ1v) is 7.59. The van der Waals surface area contributed by atoms with E-state index in [0.29, 0.717) is 5.96 Å². The lowest BCUT2D eigenvalue weighted by Gasteiger charge is -2.23. The Bertz CT molecular complexity index is 500. The topological polar surface area (TPSA) is 59.6 Å². The number of nitrogens with zero attached hydrogens (tertiary/aromatic N) is 1. The van der Waals surface area contributed by atoms with Crippen LogP contribution in [0.2, 0.25) is 0 Å². The molecule has 21 heavy (non-hydrogen) atoms. The van der Waals surface area contributed by atoms with Crippen LogP contribution in [0.1, 0.15) is 30.4 Å². The Hall–Kier alpha value is -0.980. The number of rotatable bonds is 5. The predicted molar refractivity (Wildman–Crippen MR) is 96.6 cm³/mol. The molecule has 2 aliphatic rings. The van der Waals surface area contributed by atoms with E-state index < -0.39 is 0 Å². The Balaban J connectivity index is 0.00000161. The largest absolute Gasteiger partial charge is 0.493 e. The first-order chi connectivity index (χ1) is 9.81. The van der Waals surface area contributed by atoms with E-state index in [9.17, 15) is 0 Å². The van der Waals surface area contributed by atoms with Gasteiger partial charge in [-0.3, -0.25) is 4.99 Å². The van der Waals surface area contributed by atoms with Crippen molar-refractivity contribution in [3.05, 3.63) is 29.3 Å². The van der Waals surface area contributed by atoms with Crippen LogP contribution >= 0.6 is 24.0 Å². The average Bonchev–Trinajstić information content (AvgIpc) is 2.84. The molecule has 4 nitrogen and oxygen atoms in total. The summed E-state index contributed by atoms with van der Waals surface area (Å²) >= 11 is 0. The van der Waals surface area contributed by atoms with Gasteiger partial charge in [-0.1, -0.05) is 18.6 Å². The smallest absolute Gasteiger partial charge is 0.188 e. The molecule has 116 valence electrons. The molecular formula is C16H24IN3O. The molecule has 1 heterocycles. The molecule has 5 heteroatoms. The fraction of sp³-hybridized carbons (Fsp3) is 0.562. The fourth-order valence-electron chi connectivity index (χ4n) is 2.69. The highest BCUT2D eigenvalue weighted by atomic mass is 127. The number of benzene rings is 1. The van der Waals surface area contributed by atoms with Crippen molar-refractivity contribution in [1.82, 2.24) is 5.32 Å². The Morgan fingerprint density at radius 3 is 3.00 bits per heavy atom. The van der Waals surface area contributed by atoms with Crippen molar-refractivity contribution in [2.24, 2.45) is 16.6 Å². The maximum atomic E-state index is 5.87. The van der Waals surface area contributed by atoms with E-state index in [4.69, 9.17) is 10.5 Å². The van der Waals surface area contributed by atoms with Crippen LogP contribution < -0.4 is 15.8 Å². The Morgan fingerprint density at radius 2 is 2.24 bits per heavy atom. The minimum atomic E-state index is 0. The summed E-state index contributed by atoms with van der Waals surface area (Å²) in [6.07, 6.45) is 5.98. The van der Waals surface area contributed by atoms with E-state index in [-0.39, 0.29) is 24.0 Å². The van der Waals surface area contributed by atoms with Gasteiger partial charge in [0.25, 0.3) is 0 Å². The number of nitrogens with two attached hydrogens (primary N) is 1. The summed E-state index contributed by atoms with van der Waals surface area (Å²) in [6.45, 7) is 2.53. The van der Waals surface area contributed by atoms with Crippen LogP contribution in [0, 0.1) is 5.92 Å². The van der Waals surface area contributed by atoms with Gasteiger partial charge >= 0.3 is 0 Å². The fourth-order valence-corrected chi connectivity index (χ4v) is 2.69. The molecule has 1 aromatic rings. The molecule has 0 amide bonds. The summed E-state index contributed by atoms with van der Waals surface area (Å²) in [4.78, 5) is 4.40. The van der Waals surface area contributed by atoms with Crippen LogP contribution in [-0.4, -0.2) is 25.7 Å². The molecule has 0 radical (unpaired) electrons. The number of hydrogen-bond donors (Lipinski definition) is 2. The molecule has 1 saturated carbocycles. The van der Waals surface area contributed by atoms with Crippen LogP contribution in [0.15, 0.2) is 23.2 Å². The van der Waals surface area contributed by atoms with Crippen LogP contribution in [0.25, 0.3) is 0 Å². The van der Waals surface area contributed by atoms with Gasteiger partial charge in [0.05, 0.1) is 6.61 Å². The van der Waals surface area contributed by atoms with E-state index in [1.165, 1.54) is 30.4 Å². The number of hydrogen-bond acceptors (Lipinski definition) is 2. The first kappa shape index (κ1) is 16.4. The van der Waals surface area contributed by atoms with Gasteiger partial charge in [0, 0.05) is 19.5 Å². The zero-order chi connectivity index (χ0) is 13.8. The van der Waals surface area contributed by atoms with Crippen LogP contribution in [0.4, 0.5) is 0 Å². The second-order valence-corrected chi connectivity index (χ2v) is 5.74. The van der Waals surface area contributed by atoms with Gasteiger partial charge in [-0.25, -0.2) is 0 Å². The van der Waals surface area contributed by atoms with Crippen molar-refractivity contribution in [3.8, 4) is 5.75 Å². The Kier molecular flexibility index (Phi) is 6.14. The molecule has 0 spiro atoms. The van der Waals surface area contributed by atoms with Gasteiger partial charge in [0.2, 0.25) is 0 Å². The summed E-state index contributed by atoms with van der Waals surface area (Å²) in [7, 11) is 0. The van der Waals surface area contributed by atoms with Crippen molar-refractivity contribution in [2.75, 3.05) is 19.7 Å². The molecule has 0 bridgehead atoms. The van der Waals surface area contributed by atoms with E-state index in [0.717, 1.165) is 44.2 Å². The van der Waals surface area contributed by atoms with Crippen LogP contribution in [0.3, 0.4) is 0 Å². The van der Waals surface area contributed by atoms with Gasteiger partial charge in [-0.2, -0.15) is 0 Å². The third-order valence-corrected chi connectivity index (χ3v) is 4.22. The quantitative estimate of drug-likeness (QED) is 0.453. The highest BCUT2D eigenvalue weighted by molar-refractivity contribution is 14.0. The van der Waals surface area contributed by atoms with Gasteiger partial charge < -0.3 is 15.8 Å². The number of fused-ring (bicyclic) bond motifs is 1. The number of nitrogens with one attached hydrogen (secondary N) is 1. The first-order valence-electron chi connectivity index (χ1n) is 7.59. The van der Waals surface area contributed by atoms with Gasteiger partial charge in [0.15, 0.2) is 5.96 Å². The minimum Gasteiger partial charge on any atom is -0.493 e. The van der Waals surface area contributed by atoms with E-state index in [2.05, 4.69) is 28.5 Å². The lowest BCUT2D eigenvalue weighted by Crippen LogP contribution is -2.34. The maximum Gasteiger partial charge on any atom is 0.188 e. The lowest BCUT2D eigenvalue weighted by atomic mass is 9.86. The highest BCUT2D eigenvalue weighted by Crippen LogP contribution is 2.26. The minimum absolute atomic E-state index is 0. The maximum absolute atomic E-state index is 5.87. The predicted octanol–water partition coefficient (Wildman–Crippen LogP) is 2.49. The Labute approximate surface area is 143 Å². The van der Waals surface area contributed by atoms with E-state index in [1.807, 2.05) is 0 Å². The molecule has 1 aliphatic carbocycles. The molecule has 1 fully saturated rings. The van der Waals surface area contributed by atoms with E-state index >= 15 is 0 Å². The van der Waals surface area contributed by atoms with Crippen LogP contribution in [-0.2, 0) is 12.8 Å². The molecule has 1 aliphatic heterocycles. The SMILES string of the molecule is I.NC(=NCC1CCC1)NCCc1ccc2c(c1)CCO2. The summed E-state index contributed by atoms with van der Waals surface area (Å²) in [5.41, 5.74) is 8.53. The van der Waals surface area contributed by atoms with E-state index in [1.54, 1.807) is 0 Å². The van der Waals surface area contributed by atoms with Gasteiger partial charge in [0.1, 0.15) is 5.75 Å². The van der Waals surface area contributed by atoms with Gasteiger partial charge in [-0.15, -0.1) is 24.0 Å². The number of ether oxygens (including phenoxy) is 1. The Morgan fingerprint density at radius 1 is 1.38 bits per heavy atom. The number of halogens is 1. The summed E-state index contributed by atoms with van der Waals surface area (Å²) < 4.78 is 5.51. The highest BCUT2D eigenvalue weighted by Gasteiger charge is 2.16. The van der Waals surface area contributed by atoms with Crippen molar-refractivity contribution < 1.29 is 4.74 Å². The summed E-state index contributed by atoms with van der Waals surface area (Å²) in [6, 6.07) is 6.45. The third kappa shape index (κ3) is 4.49. The molecular weight excluding hydrogens is 377 g/mol. The zero-order valence-electron chi connectivity index (χ0n) is 12.3. The van der Waals surface area contributed by atoms with Crippen molar-refractivity contribution >= 4 is 29.9 Å². The second kappa shape index (κ2) is 7.87. The molecule has 3 rings (SSSR count). The molecule has 0 aromatic heterocycles. The lowest BCUT2D eigenvalue weighted by molar-refractivity contribution is 0.326. The zero-order valence-corrected chi connectivity index (χ0v) is 14.6. The summed E-state index contributed by atoms with van der Waals surface area (Å²) in [5, 5.41) is 3.20. The van der Waals surface area contributed by atoms with Crippen LogP contribution in [0.5, 0.6) is 5.75 Å². The van der Waals surface area contributed by atoms with Crippen molar-refractivity contribution in [2.45, 2.75) is 32.1 Å². The standard InChI is InChI=1S/C16H23N3O.HI/c17-16(19-11-13-2-1-3-13)18-8-6-12-4-5-15-14(10-12)7-9-20-15;/h4-5,10,13H,1-3,6-9,11H2,(H3,17,18,19);1H. The third-order valence-electron chi connectivity index (χ3n) is 4.22. The van der Waals surface area contributed by atoms with Gasteiger partial charge in [-0.05, 0) is 42.4 Å². The summed E-state index contributed by atoms with van der Waals surface area (Å²) in [5.74, 6) is 2.40. The molecule has 0 unspecified atom stereocenters. The monoisotopic (exact) mass is 401 g/mol. The average molecular weight is 401 g/mol. The number of guanidine groups is 1. The number of aliphatic imine (C=N–C) groups is 1. The second-order valence-electron chi connectivity index (χ2n) is 5.74. The molecule has 1 aromatic carbocycles. The van der Waals surface area contributed by atoms with Crippen molar-refractivity contribution in [1.29, 1.82) is 0 Å². The molecule has 3 N–H and O–H groups in total.